The third kappa shape index (κ3) is 4.03. The second-order valence-electron chi connectivity index (χ2n) is 4.41. The summed E-state index contributed by atoms with van der Waals surface area (Å²) in [5.41, 5.74) is 6.73. The van der Waals surface area contributed by atoms with Gasteiger partial charge in [-0.3, -0.25) is 0 Å². The molecule has 0 aromatic heterocycles. The smallest absolute Gasteiger partial charge is 0.0639 e. The lowest BCUT2D eigenvalue weighted by atomic mass is 10.1. The molecule has 0 radical (unpaired) electrons. The maximum atomic E-state index is 6.19. The lowest BCUT2D eigenvalue weighted by molar-refractivity contribution is 0.573. The van der Waals surface area contributed by atoms with Gasteiger partial charge in [0.25, 0.3) is 0 Å². The first-order valence-electron chi connectivity index (χ1n) is 5.84. The van der Waals surface area contributed by atoms with Crippen LogP contribution in [-0.4, -0.2) is 19.6 Å². The first-order valence-corrected chi connectivity index (χ1v) is 6.22. The Morgan fingerprint density at radius 1 is 1.25 bits per heavy atom. The Bertz CT molecular complexity index is 313. The molecule has 0 bridgehead atoms. The van der Waals surface area contributed by atoms with E-state index in [4.69, 9.17) is 17.3 Å². The van der Waals surface area contributed by atoms with Gasteiger partial charge in [0.1, 0.15) is 0 Å². The summed E-state index contributed by atoms with van der Waals surface area (Å²) >= 11 is 6.19. The van der Waals surface area contributed by atoms with Gasteiger partial charge in [-0.15, -0.1) is 0 Å². The zero-order valence-corrected chi connectivity index (χ0v) is 10.9. The minimum Gasteiger partial charge on any atom is -0.369 e. The van der Waals surface area contributed by atoms with Crippen molar-refractivity contribution >= 4 is 17.3 Å². The van der Waals surface area contributed by atoms with Crippen molar-refractivity contribution < 1.29 is 0 Å². The monoisotopic (exact) mass is 240 g/mol. The molecule has 1 aromatic carbocycles. The molecule has 90 valence electrons. The van der Waals surface area contributed by atoms with Gasteiger partial charge >= 0.3 is 0 Å². The number of anilines is 1. The van der Waals surface area contributed by atoms with Gasteiger partial charge in [0, 0.05) is 19.6 Å². The van der Waals surface area contributed by atoms with Crippen LogP contribution >= 0.6 is 11.6 Å². The van der Waals surface area contributed by atoms with Crippen molar-refractivity contribution in [2.75, 3.05) is 24.5 Å². The van der Waals surface area contributed by atoms with E-state index in [1.807, 2.05) is 18.2 Å². The lowest BCUT2D eigenvalue weighted by Gasteiger charge is -2.26. The Morgan fingerprint density at radius 3 is 2.50 bits per heavy atom. The van der Waals surface area contributed by atoms with Gasteiger partial charge in [-0.25, -0.2) is 0 Å². The van der Waals surface area contributed by atoms with Gasteiger partial charge < -0.3 is 10.6 Å². The molecule has 0 heterocycles. The van der Waals surface area contributed by atoms with E-state index in [1.165, 1.54) is 0 Å². The van der Waals surface area contributed by atoms with Crippen molar-refractivity contribution in [3.63, 3.8) is 0 Å². The molecule has 0 atom stereocenters. The van der Waals surface area contributed by atoms with Gasteiger partial charge in [-0.05, 0) is 24.5 Å². The second-order valence-corrected chi connectivity index (χ2v) is 4.82. The number of nitrogens with two attached hydrogens (primary N) is 1. The van der Waals surface area contributed by atoms with Crippen LogP contribution in [0.4, 0.5) is 5.69 Å². The van der Waals surface area contributed by atoms with E-state index in [0.29, 0.717) is 12.5 Å². The first kappa shape index (κ1) is 13.3. The van der Waals surface area contributed by atoms with Crippen LogP contribution in [0.25, 0.3) is 0 Å². The summed E-state index contributed by atoms with van der Waals surface area (Å²) in [5, 5.41) is 0.805. The molecular formula is C13H21ClN2. The van der Waals surface area contributed by atoms with Gasteiger partial charge in [-0.1, -0.05) is 37.6 Å². The van der Waals surface area contributed by atoms with Gasteiger partial charge in [0.15, 0.2) is 0 Å². The average molecular weight is 241 g/mol. The molecule has 0 unspecified atom stereocenters. The molecule has 0 spiro atoms. The van der Waals surface area contributed by atoms with E-state index in [-0.39, 0.29) is 0 Å². The molecular weight excluding hydrogens is 220 g/mol. The Hall–Kier alpha value is -0.730. The fraction of sp³-hybridized carbons (Fsp3) is 0.538. The minimum atomic E-state index is 0.656. The Balaban J connectivity index is 2.73. The van der Waals surface area contributed by atoms with E-state index in [1.54, 1.807) is 0 Å². The van der Waals surface area contributed by atoms with Crippen LogP contribution in [0.3, 0.4) is 0 Å². The molecule has 3 heteroatoms. The van der Waals surface area contributed by atoms with Crippen molar-refractivity contribution in [2.24, 2.45) is 11.7 Å². The molecule has 0 fully saturated rings. The van der Waals surface area contributed by atoms with Crippen molar-refractivity contribution in [2.45, 2.75) is 20.3 Å². The summed E-state index contributed by atoms with van der Waals surface area (Å²) in [7, 11) is 0. The maximum absolute atomic E-state index is 6.19. The molecule has 0 aliphatic rings. The maximum Gasteiger partial charge on any atom is 0.0639 e. The van der Waals surface area contributed by atoms with E-state index < -0.39 is 0 Å². The van der Waals surface area contributed by atoms with Crippen molar-refractivity contribution in [1.82, 2.24) is 0 Å². The van der Waals surface area contributed by atoms with E-state index in [0.717, 1.165) is 30.2 Å². The Morgan fingerprint density at radius 2 is 1.94 bits per heavy atom. The largest absolute Gasteiger partial charge is 0.369 e. The van der Waals surface area contributed by atoms with Crippen LogP contribution in [0, 0.1) is 5.92 Å². The fourth-order valence-corrected chi connectivity index (χ4v) is 1.89. The number of para-hydroxylation sites is 1. The van der Waals surface area contributed by atoms with Gasteiger partial charge in [-0.2, -0.15) is 0 Å². The molecule has 0 aliphatic heterocycles. The second kappa shape index (κ2) is 6.77. The highest BCUT2D eigenvalue weighted by Crippen LogP contribution is 2.25. The number of hydrogen-bond donors (Lipinski definition) is 1. The SMILES string of the molecule is CC(C)CCN(CCN)c1ccccc1Cl. The van der Waals surface area contributed by atoms with Crippen molar-refractivity contribution in [1.29, 1.82) is 0 Å². The summed E-state index contributed by atoms with van der Waals surface area (Å²) in [5.74, 6) is 0.697. The summed E-state index contributed by atoms with van der Waals surface area (Å²) < 4.78 is 0. The highest BCUT2D eigenvalue weighted by atomic mass is 35.5. The predicted molar refractivity (Wildman–Crippen MR) is 72.2 cm³/mol. The van der Waals surface area contributed by atoms with Crippen LogP contribution in [0.15, 0.2) is 24.3 Å². The van der Waals surface area contributed by atoms with E-state index in [9.17, 15) is 0 Å². The third-order valence-electron chi connectivity index (χ3n) is 2.57. The summed E-state index contributed by atoms with van der Waals surface area (Å²) in [6.45, 7) is 6.98. The van der Waals surface area contributed by atoms with E-state index in [2.05, 4.69) is 24.8 Å². The molecule has 16 heavy (non-hydrogen) atoms. The number of hydrogen-bond acceptors (Lipinski definition) is 2. The van der Waals surface area contributed by atoms with Gasteiger partial charge in [0.05, 0.1) is 10.7 Å². The third-order valence-corrected chi connectivity index (χ3v) is 2.89. The zero-order chi connectivity index (χ0) is 12.0. The molecule has 1 aromatic rings. The minimum absolute atomic E-state index is 0.656. The Labute approximate surface area is 103 Å². The zero-order valence-electron chi connectivity index (χ0n) is 10.1. The van der Waals surface area contributed by atoms with Crippen molar-refractivity contribution in [3.8, 4) is 0 Å². The van der Waals surface area contributed by atoms with Crippen LogP contribution < -0.4 is 10.6 Å². The topological polar surface area (TPSA) is 29.3 Å². The van der Waals surface area contributed by atoms with Crippen LogP contribution in [-0.2, 0) is 0 Å². The van der Waals surface area contributed by atoms with Crippen LogP contribution in [0.1, 0.15) is 20.3 Å². The van der Waals surface area contributed by atoms with Crippen molar-refractivity contribution in [3.05, 3.63) is 29.3 Å². The Kier molecular flexibility index (Phi) is 5.64. The highest BCUT2D eigenvalue weighted by Gasteiger charge is 2.09. The van der Waals surface area contributed by atoms with Crippen LogP contribution in [0.5, 0.6) is 0 Å². The highest BCUT2D eigenvalue weighted by molar-refractivity contribution is 6.33. The standard InChI is InChI=1S/C13H21ClN2/c1-11(2)7-9-16(10-8-15)13-6-4-3-5-12(13)14/h3-6,11H,7-10,15H2,1-2H3. The predicted octanol–water partition coefficient (Wildman–Crippen LogP) is 3.15. The van der Waals surface area contributed by atoms with E-state index >= 15 is 0 Å². The molecule has 2 N–H and O–H groups in total. The normalized spacial score (nSPS) is 10.8. The quantitative estimate of drug-likeness (QED) is 0.828. The fourth-order valence-electron chi connectivity index (χ4n) is 1.63. The van der Waals surface area contributed by atoms with Crippen LogP contribution in [0.2, 0.25) is 5.02 Å². The van der Waals surface area contributed by atoms with Gasteiger partial charge in [0.2, 0.25) is 0 Å². The number of rotatable bonds is 6. The number of halogens is 1. The summed E-state index contributed by atoms with van der Waals surface area (Å²) in [4.78, 5) is 2.27. The summed E-state index contributed by atoms with van der Waals surface area (Å²) in [6, 6.07) is 7.95. The molecule has 0 amide bonds. The number of nitrogens with zero attached hydrogens (tertiary/aromatic N) is 1. The molecule has 1 rings (SSSR count). The molecule has 2 nitrogen and oxygen atoms in total. The number of benzene rings is 1. The first-order chi connectivity index (χ1) is 7.65. The summed E-state index contributed by atoms with van der Waals surface area (Å²) in [6.07, 6.45) is 1.16. The molecule has 0 aliphatic carbocycles. The average Bonchev–Trinajstić information content (AvgIpc) is 2.25. The molecule has 0 saturated heterocycles. The molecule has 0 saturated carbocycles. The lowest BCUT2D eigenvalue weighted by Crippen LogP contribution is -2.31.